The number of carbonyl (C=O) groups is 1. The van der Waals surface area contributed by atoms with E-state index in [0.29, 0.717) is 6.04 Å². The normalized spacial score (nSPS) is 28.9. The summed E-state index contributed by atoms with van der Waals surface area (Å²) >= 11 is 0. The number of alkyl carbamates (subject to hydrolysis) is 1. The van der Waals surface area contributed by atoms with Gasteiger partial charge in [0.25, 0.3) is 0 Å². The van der Waals surface area contributed by atoms with Crippen molar-refractivity contribution >= 4 is 6.09 Å². The van der Waals surface area contributed by atoms with Crippen LogP contribution in [0.15, 0.2) is 0 Å². The summed E-state index contributed by atoms with van der Waals surface area (Å²) < 4.78 is 5.35. The Bertz CT molecular complexity index is 322. The molecular formula is C15H29N3O2. The van der Waals surface area contributed by atoms with E-state index in [-0.39, 0.29) is 12.1 Å². The molecule has 0 radical (unpaired) electrons. The van der Waals surface area contributed by atoms with Crippen LogP contribution in [0.5, 0.6) is 0 Å². The molecule has 2 atom stereocenters. The summed E-state index contributed by atoms with van der Waals surface area (Å²) in [6.07, 6.45) is 4.30. The predicted octanol–water partition coefficient (Wildman–Crippen LogP) is 1.73. The maximum Gasteiger partial charge on any atom is 0.407 e. The molecule has 0 bridgehead atoms. The molecule has 1 aliphatic heterocycles. The molecule has 1 aliphatic carbocycles. The molecule has 0 aromatic rings. The molecule has 116 valence electrons. The third-order valence-electron chi connectivity index (χ3n) is 4.04. The second-order valence-electron chi connectivity index (χ2n) is 6.95. The average Bonchev–Trinajstić information content (AvgIpc) is 2.38. The Morgan fingerprint density at radius 1 is 1.25 bits per heavy atom. The first-order valence-electron chi connectivity index (χ1n) is 7.88. The molecule has 1 heterocycles. The van der Waals surface area contributed by atoms with Crippen LogP contribution in [-0.4, -0.2) is 54.9 Å². The van der Waals surface area contributed by atoms with Gasteiger partial charge in [0.1, 0.15) is 5.60 Å². The highest BCUT2D eigenvalue weighted by Crippen LogP contribution is 2.23. The van der Waals surface area contributed by atoms with Crippen molar-refractivity contribution in [1.82, 2.24) is 15.5 Å². The highest BCUT2D eigenvalue weighted by atomic mass is 16.6. The van der Waals surface area contributed by atoms with E-state index in [1.807, 2.05) is 20.8 Å². The summed E-state index contributed by atoms with van der Waals surface area (Å²) in [6, 6.07) is 0.879. The molecule has 0 aromatic carbocycles. The average molecular weight is 283 g/mol. The number of piperazine rings is 1. The lowest BCUT2D eigenvalue weighted by atomic mass is 9.89. The number of hydrogen-bond acceptors (Lipinski definition) is 4. The third kappa shape index (κ3) is 4.94. The van der Waals surface area contributed by atoms with Gasteiger partial charge in [0.2, 0.25) is 0 Å². The number of nitrogens with zero attached hydrogens (tertiary/aromatic N) is 1. The second-order valence-corrected chi connectivity index (χ2v) is 6.95. The van der Waals surface area contributed by atoms with Gasteiger partial charge in [-0.05, 0) is 46.5 Å². The van der Waals surface area contributed by atoms with Gasteiger partial charge in [-0.15, -0.1) is 0 Å². The van der Waals surface area contributed by atoms with Crippen molar-refractivity contribution in [3.05, 3.63) is 0 Å². The molecule has 1 amide bonds. The molecule has 0 unspecified atom stereocenters. The number of ether oxygens (including phenoxy) is 1. The van der Waals surface area contributed by atoms with Crippen molar-refractivity contribution < 1.29 is 9.53 Å². The number of nitrogens with one attached hydrogen (secondary N) is 2. The Balaban J connectivity index is 1.79. The molecule has 1 saturated heterocycles. The van der Waals surface area contributed by atoms with Crippen molar-refractivity contribution in [3.63, 3.8) is 0 Å². The molecule has 0 spiro atoms. The van der Waals surface area contributed by atoms with Gasteiger partial charge in [-0.3, -0.25) is 4.90 Å². The van der Waals surface area contributed by atoms with E-state index >= 15 is 0 Å². The minimum absolute atomic E-state index is 0.262. The van der Waals surface area contributed by atoms with Gasteiger partial charge in [0, 0.05) is 38.3 Å². The first-order chi connectivity index (χ1) is 9.44. The van der Waals surface area contributed by atoms with E-state index in [2.05, 4.69) is 15.5 Å². The standard InChI is InChI=1S/C15H29N3O2/c1-15(2,3)20-14(19)17-12-5-4-6-13(11-12)18-9-7-16-8-10-18/h12-13,16H,4-11H2,1-3H3,(H,17,19)/t12-,13-/m1/s1. The van der Waals surface area contributed by atoms with Crippen molar-refractivity contribution in [2.24, 2.45) is 0 Å². The van der Waals surface area contributed by atoms with Crippen LogP contribution in [0.3, 0.4) is 0 Å². The van der Waals surface area contributed by atoms with Crippen LogP contribution in [0.2, 0.25) is 0 Å². The van der Waals surface area contributed by atoms with E-state index < -0.39 is 5.60 Å². The molecule has 2 N–H and O–H groups in total. The smallest absolute Gasteiger partial charge is 0.407 e. The zero-order chi connectivity index (χ0) is 14.6. The first kappa shape index (κ1) is 15.6. The zero-order valence-corrected chi connectivity index (χ0v) is 13.1. The Kier molecular flexibility index (Phi) is 5.27. The van der Waals surface area contributed by atoms with Crippen molar-refractivity contribution in [2.75, 3.05) is 26.2 Å². The van der Waals surface area contributed by atoms with E-state index in [4.69, 9.17) is 4.74 Å². The predicted molar refractivity (Wildman–Crippen MR) is 79.9 cm³/mol. The summed E-state index contributed by atoms with van der Waals surface area (Å²) in [5.41, 5.74) is -0.420. The van der Waals surface area contributed by atoms with Crippen LogP contribution >= 0.6 is 0 Å². The first-order valence-corrected chi connectivity index (χ1v) is 7.88. The number of amides is 1. The lowest BCUT2D eigenvalue weighted by Crippen LogP contribution is -2.52. The number of carbonyl (C=O) groups excluding carboxylic acids is 1. The van der Waals surface area contributed by atoms with Gasteiger partial charge in [-0.25, -0.2) is 4.79 Å². The van der Waals surface area contributed by atoms with Gasteiger partial charge >= 0.3 is 6.09 Å². The fourth-order valence-corrected chi connectivity index (χ4v) is 3.15. The quantitative estimate of drug-likeness (QED) is 0.810. The molecule has 0 aromatic heterocycles. The minimum atomic E-state index is -0.420. The Morgan fingerprint density at radius 2 is 1.95 bits per heavy atom. The van der Waals surface area contributed by atoms with Gasteiger partial charge in [-0.2, -0.15) is 0 Å². The lowest BCUT2D eigenvalue weighted by molar-refractivity contribution is 0.0465. The highest BCUT2D eigenvalue weighted by Gasteiger charge is 2.29. The maximum absolute atomic E-state index is 11.9. The van der Waals surface area contributed by atoms with Crippen molar-refractivity contribution in [2.45, 2.75) is 64.1 Å². The topological polar surface area (TPSA) is 53.6 Å². The Morgan fingerprint density at radius 3 is 2.60 bits per heavy atom. The molecule has 2 aliphatic rings. The molecule has 20 heavy (non-hydrogen) atoms. The summed E-state index contributed by atoms with van der Waals surface area (Å²) in [5, 5.41) is 6.43. The maximum atomic E-state index is 11.9. The summed E-state index contributed by atoms with van der Waals surface area (Å²) in [4.78, 5) is 14.4. The largest absolute Gasteiger partial charge is 0.444 e. The summed E-state index contributed by atoms with van der Waals surface area (Å²) in [7, 11) is 0. The van der Waals surface area contributed by atoms with Gasteiger partial charge in [0.15, 0.2) is 0 Å². The van der Waals surface area contributed by atoms with Gasteiger partial charge < -0.3 is 15.4 Å². The Hall–Kier alpha value is -0.810. The SMILES string of the molecule is CC(C)(C)OC(=O)N[C@@H]1CCC[C@@H](N2CCNCC2)C1. The molecule has 5 nitrogen and oxygen atoms in total. The summed E-state index contributed by atoms with van der Waals surface area (Å²) in [5.74, 6) is 0. The van der Waals surface area contributed by atoms with E-state index in [9.17, 15) is 4.79 Å². The fraction of sp³-hybridized carbons (Fsp3) is 0.933. The minimum Gasteiger partial charge on any atom is -0.444 e. The molecule has 2 fully saturated rings. The van der Waals surface area contributed by atoms with Crippen LogP contribution in [0.25, 0.3) is 0 Å². The molecule has 1 saturated carbocycles. The number of rotatable bonds is 2. The summed E-state index contributed by atoms with van der Waals surface area (Å²) in [6.45, 7) is 10.1. The lowest BCUT2D eigenvalue weighted by Gasteiger charge is -2.39. The highest BCUT2D eigenvalue weighted by molar-refractivity contribution is 5.68. The Labute approximate surface area is 122 Å². The van der Waals surface area contributed by atoms with E-state index in [0.717, 1.165) is 39.0 Å². The monoisotopic (exact) mass is 283 g/mol. The molecule has 5 heteroatoms. The van der Waals surface area contributed by atoms with E-state index in [1.54, 1.807) is 0 Å². The van der Waals surface area contributed by atoms with Gasteiger partial charge in [0.05, 0.1) is 0 Å². The number of hydrogen-bond donors (Lipinski definition) is 2. The van der Waals surface area contributed by atoms with Crippen molar-refractivity contribution in [1.29, 1.82) is 0 Å². The van der Waals surface area contributed by atoms with Crippen molar-refractivity contribution in [3.8, 4) is 0 Å². The molecular weight excluding hydrogens is 254 g/mol. The second kappa shape index (κ2) is 6.76. The van der Waals surface area contributed by atoms with Crippen LogP contribution in [-0.2, 0) is 4.74 Å². The fourth-order valence-electron chi connectivity index (χ4n) is 3.15. The zero-order valence-electron chi connectivity index (χ0n) is 13.1. The van der Waals surface area contributed by atoms with Crippen LogP contribution in [0.1, 0.15) is 46.5 Å². The van der Waals surface area contributed by atoms with Crippen LogP contribution in [0.4, 0.5) is 4.79 Å². The van der Waals surface area contributed by atoms with Gasteiger partial charge in [-0.1, -0.05) is 0 Å². The van der Waals surface area contributed by atoms with Crippen LogP contribution in [0, 0.1) is 0 Å². The van der Waals surface area contributed by atoms with E-state index in [1.165, 1.54) is 12.8 Å². The third-order valence-corrected chi connectivity index (χ3v) is 4.04. The molecule has 2 rings (SSSR count). The van der Waals surface area contributed by atoms with Crippen LogP contribution < -0.4 is 10.6 Å².